The van der Waals surface area contributed by atoms with E-state index >= 15 is 0 Å². The van der Waals surface area contributed by atoms with Gasteiger partial charge in [-0.05, 0) is 40.0 Å². The van der Waals surface area contributed by atoms with Crippen LogP contribution < -0.4 is 11.1 Å². The van der Waals surface area contributed by atoms with Crippen LogP contribution in [0.5, 0.6) is 0 Å². The van der Waals surface area contributed by atoms with E-state index in [1.807, 2.05) is 13.8 Å². The largest absolute Gasteiger partial charge is 0.394 e. The summed E-state index contributed by atoms with van der Waals surface area (Å²) in [5.74, 6) is 1.88. The second kappa shape index (κ2) is 6.10. The molecule has 1 aliphatic rings. The van der Waals surface area contributed by atoms with E-state index in [1.165, 1.54) is 12.8 Å². The van der Waals surface area contributed by atoms with Crippen molar-refractivity contribution in [3.63, 3.8) is 0 Å². The van der Waals surface area contributed by atoms with Crippen LogP contribution in [0, 0.1) is 13.8 Å². The van der Waals surface area contributed by atoms with Crippen molar-refractivity contribution >= 4 is 11.5 Å². The highest BCUT2D eigenvalue weighted by Gasteiger charge is 2.30. The zero-order chi connectivity index (χ0) is 16.6. The van der Waals surface area contributed by atoms with Crippen LogP contribution in [-0.4, -0.2) is 26.0 Å². The van der Waals surface area contributed by atoms with Crippen molar-refractivity contribution in [2.24, 2.45) is 0 Å². The monoisotopic (exact) mass is 312 g/mol. The molecule has 6 heteroatoms. The van der Waals surface area contributed by atoms with Crippen molar-refractivity contribution in [3.05, 3.63) is 23.4 Å². The SMILES string of the molecule is CC[C@H](C)Nc1nc(-c2c(C)ncnc2C2CC2)nc(C)c1N. The van der Waals surface area contributed by atoms with Crippen molar-refractivity contribution in [2.45, 2.75) is 58.9 Å². The molecule has 122 valence electrons. The number of nitrogens with one attached hydrogen (secondary N) is 1. The van der Waals surface area contributed by atoms with Gasteiger partial charge in [0.2, 0.25) is 0 Å². The third-order valence-corrected chi connectivity index (χ3v) is 4.39. The van der Waals surface area contributed by atoms with E-state index in [0.717, 1.165) is 29.1 Å². The minimum Gasteiger partial charge on any atom is -0.394 e. The quantitative estimate of drug-likeness (QED) is 0.881. The molecule has 1 fully saturated rings. The van der Waals surface area contributed by atoms with Crippen molar-refractivity contribution < 1.29 is 0 Å². The molecule has 1 aliphatic carbocycles. The summed E-state index contributed by atoms with van der Waals surface area (Å²) >= 11 is 0. The number of aryl methyl sites for hydroxylation is 2. The average Bonchev–Trinajstić information content (AvgIpc) is 3.36. The number of hydrogen-bond acceptors (Lipinski definition) is 6. The van der Waals surface area contributed by atoms with Crippen LogP contribution in [0.4, 0.5) is 11.5 Å². The van der Waals surface area contributed by atoms with Gasteiger partial charge in [-0.3, -0.25) is 0 Å². The van der Waals surface area contributed by atoms with Crippen molar-refractivity contribution in [1.29, 1.82) is 0 Å². The summed E-state index contributed by atoms with van der Waals surface area (Å²) in [4.78, 5) is 18.1. The topological polar surface area (TPSA) is 89.6 Å². The maximum absolute atomic E-state index is 6.16. The Morgan fingerprint density at radius 1 is 1.22 bits per heavy atom. The molecule has 23 heavy (non-hydrogen) atoms. The van der Waals surface area contributed by atoms with Crippen LogP contribution >= 0.6 is 0 Å². The Labute approximate surface area is 137 Å². The van der Waals surface area contributed by atoms with E-state index in [1.54, 1.807) is 6.33 Å². The van der Waals surface area contributed by atoms with Crippen LogP contribution in [0.2, 0.25) is 0 Å². The second-order valence-electron chi connectivity index (χ2n) is 6.34. The molecule has 0 aliphatic heterocycles. The first-order valence-electron chi connectivity index (χ1n) is 8.23. The predicted octanol–water partition coefficient (Wildman–Crippen LogP) is 3.22. The molecule has 3 rings (SSSR count). The summed E-state index contributed by atoms with van der Waals surface area (Å²) in [6, 6.07) is 0.301. The van der Waals surface area contributed by atoms with Gasteiger partial charge in [-0.2, -0.15) is 0 Å². The highest BCUT2D eigenvalue weighted by molar-refractivity contribution is 5.71. The highest BCUT2D eigenvalue weighted by Crippen LogP contribution is 2.43. The van der Waals surface area contributed by atoms with Gasteiger partial charge in [-0.1, -0.05) is 6.92 Å². The minimum absolute atomic E-state index is 0.301. The number of hydrogen-bond donors (Lipinski definition) is 2. The molecule has 1 atom stereocenters. The Bertz CT molecular complexity index is 723. The van der Waals surface area contributed by atoms with E-state index in [9.17, 15) is 0 Å². The molecule has 0 amide bonds. The lowest BCUT2D eigenvalue weighted by Crippen LogP contribution is -2.17. The summed E-state index contributed by atoms with van der Waals surface area (Å²) in [5.41, 5.74) is 10.5. The fraction of sp³-hybridized carbons (Fsp3) is 0.529. The Balaban J connectivity index is 2.10. The van der Waals surface area contributed by atoms with Crippen LogP contribution in [0.1, 0.15) is 56.1 Å². The van der Waals surface area contributed by atoms with Crippen LogP contribution in [0.15, 0.2) is 6.33 Å². The van der Waals surface area contributed by atoms with Gasteiger partial charge < -0.3 is 11.1 Å². The first-order chi connectivity index (χ1) is 11.0. The Hall–Kier alpha value is -2.24. The van der Waals surface area contributed by atoms with Gasteiger partial charge >= 0.3 is 0 Å². The lowest BCUT2D eigenvalue weighted by atomic mass is 10.1. The molecule has 0 aromatic carbocycles. The molecule has 0 spiro atoms. The first-order valence-corrected chi connectivity index (χ1v) is 8.23. The standard InChI is InChI=1S/C17H24N6/c1-5-9(2)21-17-14(18)11(4)22-16(23-17)13-10(3)19-8-20-15(13)12-6-7-12/h8-9,12H,5-7,18H2,1-4H3,(H,21,22,23)/t9-/m0/s1. The fourth-order valence-corrected chi connectivity index (χ4v) is 2.57. The number of anilines is 2. The smallest absolute Gasteiger partial charge is 0.165 e. The first kappa shape index (κ1) is 15.6. The Morgan fingerprint density at radius 3 is 2.61 bits per heavy atom. The zero-order valence-corrected chi connectivity index (χ0v) is 14.2. The van der Waals surface area contributed by atoms with Crippen molar-refractivity contribution in [1.82, 2.24) is 19.9 Å². The summed E-state index contributed by atoms with van der Waals surface area (Å²) in [6.07, 6.45) is 4.98. The lowest BCUT2D eigenvalue weighted by Gasteiger charge is -2.17. The number of aromatic nitrogens is 4. The third kappa shape index (κ3) is 3.11. The molecule has 2 aromatic rings. The van der Waals surface area contributed by atoms with Gasteiger partial charge in [-0.15, -0.1) is 0 Å². The molecular formula is C17H24N6. The number of nitrogens with zero attached hydrogens (tertiary/aromatic N) is 4. The molecule has 1 saturated carbocycles. The molecule has 0 saturated heterocycles. The Kier molecular flexibility index (Phi) is 4.15. The molecule has 0 bridgehead atoms. The maximum atomic E-state index is 6.16. The molecule has 0 unspecified atom stereocenters. The van der Waals surface area contributed by atoms with Crippen LogP contribution in [-0.2, 0) is 0 Å². The number of nitrogens with two attached hydrogens (primary N) is 1. The molecule has 0 radical (unpaired) electrons. The normalized spacial score (nSPS) is 15.5. The predicted molar refractivity (Wildman–Crippen MR) is 92.3 cm³/mol. The van der Waals surface area contributed by atoms with E-state index in [-0.39, 0.29) is 0 Å². The van der Waals surface area contributed by atoms with Gasteiger partial charge in [0, 0.05) is 12.0 Å². The van der Waals surface area contributed by atoms with Crippen molar-refractivity contribution in [3.8, 4) is 11.4 Å². The highest BCUT2D eigenvalue weighted by atomic mass is 15.1. The minimum atomic E-state index is 0.301. The zero-order valence-electron chi connectivity index (χ0n) is 14.2. The lowest BCUT2D eigenvalue weighted by molar-refractivity contribution is 0.758. The third-order valence-electron chi connectivity index (χ3n) is 4.39. The van der Waals surface area contributed by atoms with Gasteiger partial charge in [0.25, 0.3) is 0 Å². The fourth-order valence-electron chi connectivity index (χ4n) is 2.57. The van der Waals surface area contributed by atoms with Gasteiger partial charge in [0.1, 0.15) is 6.33 Å². The van der Waals surface area contributed by atoms with Crippen LogP contribution in [0.25, 0.3) is 11.4 Å². The van der Waals surface area contributed by atoms with E-state index < -0.39 is 0 Å². The van der Waals surface area contributed by atoms with E-state index in [4.69, 9.17) is 10.7 Å². The van der Waals surface area contributed by atoms with Crippen molar-refractivity contribution in [2.75, 3.05) is 11.1 Å². The maximum Gasteiger partial charge on any atom is 0.165 e. The summed E-state index contributed by atoms with van der Waals surface area (Å²) in [6.45, 7) is 8.14. The van der Waals surface area contributed by atoms with Gasteiger partial charge in [-0.25, -0.2) is 19.9 Å². The molecule has 2 heterocycles. The number of rotatable bonds is 5. The molecule has 2 aromatic heterocycles. The average molecular weight is 312 g/mol. The summed E-state index contributed by atoms with van der Waals surface area (Å²) in [5, 5.41) is 3.38. The number of nitrogen functional groups attached to an aromatic ring is 1. The Morgan fingerprint density at radius 2 is 1.96 bits per heavy atom. The van der Waals surface area contributed by atoms with Crippen LogP contribution in [0.3, 0.4) is 0 Å². The second-order valence-corrected chi connectivity index (χ2v) is 6.34. The summed E-state index contributed by atoms with van der Waals surface area (Å²) in [7, 11) is 0. The summed E-state index contributed by atoms with van der Waals surface area (Å²) < 4.78 is 0. The molecule has 3 N–H and O–H groups in total. The molecule has 6 nitrogen and oxygen atoms in total. The van der Waals surface area contributed by atoms with Gasteiger partial charge in [0.05, 0.1) is 28.3 Å². The van der Waals surface area contributed by atoms with E-state index in [2.05, 4.69) is 34.1 Å². The van der Waals surface area contributed by atoms with E-state index in [0.29, 0.717) is 29.3 Å². The molecular weight excluding hydrogens is 288 g/mol. The van der Waals surface area contributed by atoms with Gasteiger partial charge in [0.15, 0.2) is 11.6 Å².